The van der Waals surface area contributed by atoms with Gasteiger partial charge in [-0.2, -0.15) is 0 Å². The summed E-state index contributed by atoms with van der Waals surface area (Å²) < 4.78 is 43.2. The van der Waals surface area contributed by atoms with Gasteiger partial charge in [-0.25, -0.2) is 4.79 Å². The van der Waals surface area contributed by atoms with Crippen LogP contribution in [0.5, 0.6) is 0 Å². The summed E-state index contributed by atoms with van der Waals surface area (Å²) in [6.07, 6.45) is 13.8. The lowest BCUT2D eigenvalue weighted by Crippen LogP contribution is -2.47. The van der Waals surface area contributed by atoms with Gasteiger partial charge in [-0.15, -0.1) is 6.58 Å². The van der Waals surface area contributed by atoms with Crippen molar-refractivity contribution >= 4 is 12.6 Å². The second-order valence-corrected chi connectivity index (χ2v) is 26.2. The van der Waals surface area contributed by atoms with E-state index in [1.807, 2.05) is 64.1 Å². The minimum absolute atomic E-state index is 0.0625. The van der Waals surface area contributed by atoms with E-state index < -0.39 is 23.0 Å². The molecule has 2 fully saturated rings. The number of nitrogens with zero attached hydrogens (tertiary/aromatic N) is 1. The van der Waals surface area contributed by atoms with Gasteiger partial charge in [-0.1, -0.05) is 93.9 Å². The molecule has 0 aliphatic heterocycles. The molecule has 2 aliphatic rings. The summed E-state index contributed by atoms with van der Waals surface area (Å²) >= 11 is 0. The summed E-state index contributed by atoms with van der Waals surface area (Å²) in [5.41, 5.74) is 0.0929. The first-order valence-electron chi connectivity index (χ1n) is 28.7. The second-order valence-electron chi connectivity index (χ2n) is 26.2. The van der Waals surface area contributed by atoms with E-state index in [0.29, 0.717) is 57.2 Å². The normalized spacial score (nSPS) is 23.2. The van der Waals surface area contributed by atoms with Gasteiger partial charge in [0.2, 0.25) is 0 Å². The van der Waals surface area contributed by atoms with Crippen LogP contribution in [0.2, 0.25) is 0 Å². The number of carbonyl (C=O) groups excluding carboxylic acids is 2. The van der Waals surface area contributed by atoms with Crippen LogP contribution in [0.4, 0.5) is 4.79 Å². The molecule has 2 aromatic carbocycles. The minimum atomic E-state index is -0.823. The minimum Gasteiger partial charge on any atom is -0.461 e. The van der Waals surface area contributed by atoms with Crippen LogP contribution < -0.4 is 5.32 Å². The Hall–Kier alpha value is -3.32. The summed E-state index contributed by atoms with van der Waals surface area (Å²) in [4.78, 5) is 26.4. The van der Waals surface area contributed by atoms with E-state index in [-0.39, 0.29) is 40.0 Å². The lowest BCUT2D eigenvalue weighted by atomic mass is 9.54. The summed E-state index contributed by atoms with van der Waals surface area (Å²) in [6, 6.07) is 20.4. The predicted molar refractivity (Wildman–Crippen MR) is 305 cm³/mol. The average Bonchev–Trinajstić information content (AvgIpc) is 3.64. The van der Waals surface area contributed by atoms with E-state index in [9.17, 15) is 9.59 Å². The zero-order valence-electron chi connectivity index (χ0n) is 50.0. The number of nitrogens with one attached hydrogen (secondary N) is 1. The third-order valence-corrected chi connectivity index (χ3v) is 17.5. The van der Waals surface area contributed by atoms with Crippen LogP contribution in [0.25, 0.3) is 0 Å². The highest BCUT2D eigenvalue weighted by Gasteiger charge is 2.54. The van der Waals surface area contributed by atoms with Gasteiger partial charge < -0.3 is 38.5 Å². The zero-order chi connectivity index (χ0) is 55.7. The largest absolute Gasteiger partial charge is 0.461 e. The van der Waals surface area contributed by atoms with Gasteiger partial charge >= 0.3 is 6.09 Å². The van der Waals surface area contributed by atoms with Crippen LogP contribution in [-0.4, -0.2) is 112 Å². The Bertz CT molecular complexity index is 1980. The molecule has 1 amide bonds. The van der Waals surface area contributed by atoms with E-state index in [0.717, 1.165) is 75.1 Å². The number of methoxy groups -OCH3 is 1. The summed E-state index contributed by atoms with van der Waals surface area (Å²) in [5.74, 6) is 2.00. The van der Waals surface area contributed by atoms with Crippen molar-refractivity contribution in [3.05, 3.63) is 84.4 Å². The Morgan fingerprint density at radius 2 is 1.35 bits per heavy atom. The van der Waals surface area contributed by atoms with Gasteiger partial charge in [0.25, 0.3) is 6.47 Å². The van der Waals surface area contributed by atoms with Crippen molar-refractivity contribution in [3.63, 3.8) is 0 Å². The SMILES string of the molecule is C=CC1C(C2CC(C)(CC(C)(C)OCCCCC(C)C(C)OCC(c3ccccc3)C(C)(C)OC=O)C2)CCC1(C)CC(C)(C)OCCCN(C)C(C)(C)OCC(c1ccccc1)C(C)(C)OC(=O)NCCCOC. The molecule has 7 unspecified atom stereocenters. The third-order valence-electron chi connectivity index (χ3n) is 17.5. The zero-order valence-corrected chi connectivity index (χ0v) is 50.0. The quantitative estimate of drug-likeness (QED) is 0.0306. The summed E-state index contributed by atoms with van der Waals surface area (Å²) in [5, 5.41) is 2.86. The van der Waals surface area contributed by atoms with Crippen LogP contribution >= 0.6 is 0 Å². The molecule has 426 valence electrons. The Kier molecular flexibility index (Phi) is 24.4. The van der Waals surface area contributed by atoms with Gasteiger partial charge in [-0.05, 0) is 193 Å². The van der Waals surface area contributed by atoms with E-state index >= 15 is 0 Å². The number of benzene rings is 2. The summed E-state index contributed by atoms with van der Waals surface area (Å²) in [7, 11) is 3.76. The van der Waals surface area contributed by atoms with Crippen LogP contribution in [-0.2, 0) is 38.0 Å². The molecule has 0 heterocycles. The molecule has 0 spiro atoms. The number of alkyl carbamates (subject to hydrolysis) is 1. The lowest BCUT2D eigenvalue weighted by Gasteiger charge is -2.52. The highest BCUT2D eigenvalue weighted by Crippen LogP contribution is 2.62. The number of rotatable bonds is 36. The topological polar surface area (TPSA) is 114 Å². The molecule has 7 atom stereocenters. The van der Waals surface area contributed by atoms with Gasteiger partial charge in [0.1, 0.15) is 16.9 Å². The molecule has 0 radical (unpaired) electrons. The number of hydrogen-bond donors (Lipinski definition) is 1. The van der Waals surface area contributed by atoms with Crippen molar-refractivity contribution in [1.29, 1.82) is 0 Å². The first-order valence-corrected chi connectivity index (χ1v) is 28.7. The highest BCUT2D eigenvalue weighted by molar-refractivity contribution is 5.67. The molecule has 2 aromatic rings. The maximum atomic E-state index is 12.8. The number of hydrogen-bond acceptors (Lipinski definition) is 10. The molecule has 1 N–H and O–H groups in total. The Balaban J connectivity index is 1.17. The number of ether oxygens (including phenoxy) is 7. The smallest absolute Gasteiger partial charge is 0.407 e. The van der Waals surface area contributed by atoms with Gasteiger partial charge in [0.15, 0.2) is 0 Å². The fourth-order valence-electron chi connectivity index (χ4n) is 12.9. The van der Waals surface area contributed by atoms with Crippen LogP contribution in [0.3, 0.4) is 0 Å². The molecule has 0 bridgehead atoms. The van der Waals surface area contributed by atoms with E-state index in [1.165, 1.54) is 25.7 Å². The van der Waals surface area contributed by atoms with E-state index in [1.54, 1.807) is 7.11 Å². The first kappa shape index (κ1) is 64.2. The maximum Gasteiger partial charge on any atom is 0.407 e. The van der Waals surface area contributed by atoms with Gasteiger partial charge in [-0.3, -0.25) is 9.69 Å². The number of unbranched alkanes of at least 4 members (excludes halogenated alkanes) is 1. The van der Waals surface area contributed by atoms with E-state index in [4.69, 9.17) is 33.2 Å². The molecule has 2 aliphatic carbocycles. The highest BCUT2D eigenvalue weighted by atomic mass is 16.6. The fraction of sp³-hybridized carbons (Fsp3) is 0.750. The first-order chi connectivity index (χ1) is 35.1. The van der Waals surface area contributed by atoms with Crippen LogP contribution in [0, 0.1) is 34.5 Å². The molecule has 2 saturated carbocycles. The number of amides is 1. The number of carbonyl (C=O) groups is 2. The van der Waals surface area contributed by atoms with Crippen LogP contribution in [0.1, 0.15) is 191 Å². The monoisotopic (exact) mass is 1050 g/mol. The molecule has 0 saturated heterocycles. The molecule has 75 heavy (non-hydrogen) atoms. The standard InChI is InChI=1S/C64H106N2O9/c1-18-54-53(52-41-63(14,42-52)45-58(4,5)71-39-26-25-29-48(2)49(3)70-43-55(60(8,9)74-47-67)50-30-21-19-22-31-50)34-35-64(54,15)46-59(6,7)72-40-28-37-66(16)62(12,13)73-44-56(51-32-23-20-24-33-51)61(10,11)75-57(68)65-36-27-38-69-17/h18-24,30-33,47-49,52-56H,1,25-29,34-46H2,2-17H3,(H,65,68). The fourth-order valence-corrected chi connectivity index (χ4v) is 12.9. The molecular weight excluding hydrogens is 941 g/mol. The van der Waals surface area contributed by atoms with Crippen molar-refractivity contribution < 1.29 is 42.7 Å². The average molecular weight is 1050 g/mol. The Morgan fingerprint density at radius 3 is 1.92 bits per heavy atom. The predicted octanol–water partition coefficient (Wildman–Crippen LogP) is 14.3. The van der Waals surface area contributed by atoms with Crippen molar-refractivity contribution in [1.82, 2.24) is 10.2 Å². The van der Waals surface area contributed by atoms with Crippen LogP contribution in [0.15, 0.2) is 73.3 Å². The van der Waals surface area contributed by atoms with Crippen molar-refractivity contribution in [3.8, 4) is 0 Å². The Morgan fingerprint density at radius 1 is 0.773 bits per heavy atom. The molecule has 0 aromatic heterocycles. The summed E-state index contributed by atoms with van der Waals surface area (Å²) in [6.45, 7) is 39.7. The van der Waals surface area contributed by atoms with Gasteiger partial charge in [0, 0.05) is 51.9 Å². The van der Waals surface area contributed by atoms with E-state index in [2.05, 4.69) is 123 Å². The number of allylic oxidation sites excluding steroid dienone is 1. The third kappa shape index (κ3) is 19.8. The Labute approximate surface area is 456 Å². The van der Waals surface area contributed by atoms with Crippen molar-refractivity contribution in [2.24, 2.45) is 34.5 Å². The van der Waals surface area contributed by atoms with Crippen molar-refractivity contribution in [2.45, 2.75) is 214 Å². The molecular formula is C64H106N2O9. The lowest BCUT2D eigenvalue weighted by molar-refractivity contribution is -0.145. The molecule has 11 nitrogen and oxygen atoms in total. The second kappa shape index (κ2) is 28.5. The maximum absolute atomic E-state index is 12.8. The molecule has 11 heteroatoms. The van der Waals surface area contributed by atoms with Gasteiger partial charge in [0.05, 0.1) is 30.5 Å². The van der Waals surface area contributed by atoms with Crippen molar-refractivity contribution in [2.75, 3.05) is 60.3 Å². The molecule has 4 rings (SSSR count).